The fraction of sp³-hybridized carbons (Fsp3) is 0.176. The van der Waals surface area contributed by atoms with Gasteiger partial charge in [-0.15, -0.1) is 0 Å². The molecule has 2 N–H and O–H groups in total. The summed E-state index contributed by atoms with van der Waals surface area (Å²) in [6, 6.07) is 5.34. The molecule has 1 heterocycles. The van der Waals surface area contributed by atoms with Crippen LogP contribution in [0.5, 0.6) is 11.5 Å². The van der Waals surface area contributed by atoms with Crippen LogP contribution in [0.25, 0.3) is 6.08 Å². The van der Waals surface area contributed by atoms with E-state index in [0.717, 1.165) is 5.56 Å². The lowest BCUT2D eigenvalue weighted by Crippen LogP contribution is -2.44. The first-order chi connectivity index (χ1) is 12.1. The summed E-state index contributed by atoms with van der Waals surface area (Å²) in [7, 11) is 1.52. The molecule has 0 saturated heterocycles. The van der Waals surface area contributed by atoms with Gasteiger partial charge in [-0.25, -0.2) is 4.98 Å². The van der Waals surface area contributed by atoms with Gasteiger partial charge in [0, 0.05) is 12.4 Å². The largest absolute Gasteiger partial charge is 0.493 e. The number of benzene rings is 1. The second kappa shape index (κ2) is 9.02. The number of hydrazine groups is 1. The molecule has 2 rings (SSSR count). The zero-order valence-electron chi connectivity index (χ0n) is 13.9. The molecular formula is C17H18N4O4. The Hall–Kier alpha value is -3.42. The Labute approximate surface area is 144 Å². The highest BCUT2D eigenvalue weighted by Gasteiger charge is 2.11. The van der Waals surface area contributed by atoms with E-state index in [0.29, 0.717) is 11.5 Å². The molecule has 0 spiro atoms. The maximum atomic E-state index is 11.8. The molecule has 0 aliphatic rings. The number of rotatable bonds is 6. The minimum absolute atomic E-state index is 0.0879. The third kappa shape index (κ3) is 5.31. The molecule has 25 heavy (non-hydrogen) atoms. The SMILES string of the molecule is C/C=C/c1ccc(OCC(=O)NNC(=O)c2cnccn2)c(OC)c1. The van der Waals surface area contributed by atoms with Gasteiger partial charge in [-0.3, -0.25) is 25.4 Å². The van der Waals surface area contributed by atoms with E-state index < -0.39 is 11.8 Å². The van der Waals surface area contributed by atoms with Crippen molar-refractivity contribution >= 4 is 17.9 Å². The van der Waals surface area contributed by atoms with Crippen LogP contribution in [0.2, 0.25) is 0 Å². The molecule has 0 atom stereocenters. The molecule has 2 amide bonds. The molecule has 0 saturated carbocycles. The molecule has 0 aliphatic carbocycles. The van der Waals surface area contributed by atoms with Crippen LogP contribution in [0.4, 0.5) is 0 Å². The first-order valence-electron chi connectivity index (χ1n) is 7.42. The Morgan fingerprint density at radius 2 is 2.04 bits per heavy atom. The number of hydrogen-bond donors (Lipinski definition) is 2. The van der Waals surface area contributed by atoms with Crippen LogP contribution in [0.15, 0.2) is 42.9 Å². The monoisotopic (exact) mass is 342 g/mol. The number of carbonyl (C=O) groups excluding carboxylic acids is 2. The Morgan fingerprint density at radius 3 is 2.72 bits per heavy atom. The number of amides is 2. The summed E-state index contributed by atoms with van der Waals surface area (Å²) in [5.41, 5.74) is 5.50. The van der Waals surface area contributed by atoms with Gasteiger partial charge in [-0.05, 0) is 24.6 Å². The molecular weight excluding hydrogens is 324 g/mol. The number of nitrogens with zero attached hydrogens (tertiary/aromatic N) is 2. The second-order valence-electron chi connectivity index (χ2n) is 4.79. The van der Waals surface area contributed by atoms with Gasteiger partial charge in [0.1, 0.15) is 5.69 Å². The van der Waals surface area contributed by atoms with E-state index in [2.05, 4.69) is 20.8 Å². The van der Waals surface area contributed by atoms with Crippen molar-refractivity contribution in [2.45, 2.75) is 6.92 Å². The molecule has 130 valence electrons. The van der Waals surface area contributed by atoms with Crippen LogP contribution in [-0.4, -0.2) is 35.5 Å². The fourth-order valence-electron chi connectivity index (χ4n) is 1.89. The van der Waals surface area contributed by atoms with E-state index in [4.69, 9.17) is 9.47 Å². The van der Waals surface area contributed by atoms with Crippen LogP contribution in [0.1, 0.15) is 23.0 Å². The van der Waals surface area contributed by atoms with Gasteiger partial charge in [-0.1, -0.05) is 18.2 Å². The molecule has 8 heteroatoms. The van der Waals surface area contributed by atoms with Crippen molar-refractivity contribution in [3.05, 3.63) is 54.1 Å². The molecule has 1 aromatic heterocycles. The molecule has 0 radical (unpaired) electrons. The van der Waals surface area contributed by atoms with Gasteiger partial charge in [0.2, 0.25) is 0 Å². The quantitative estimate of drug-likeness (QED) is 0.769. The van der Waals surface area contributed by atoms with Crippen LogP contribution < -0.4 is 20.3 Å². The lowest BCUT2D eigenvalue weighted by molar-refractivity contribution is -0.123. The van der Waals surface area contributed by atoms with Crippen LogP contribution in [-0.2, 0) is 4.79 Å². The smallest absolute Gasteiger partial charge is 0.289 e. The number of methoxy groups -OCH3 is 1. The van der Waals surface area contributed by atoms with Gasteiger partial charge in [0.15, 0.2) is 18.1 Å². The van der Waals surface area contributed by atoms with E-state index in [9.17, 15) is 9.59 Å². The van der Waals surface area contributed by atoms with Gasteiger partial charge < -0.3 is 9.47 Å². The molecule has 8 nitrogen and oxygen atoms in total. The van der Waals surface area contributed by atoms with Crippen molar-refractivity contribution in [1.29, 1.82) is 0 Å². The summed E-state index contributed by atoms with van der Waals surface area (Å²) in [5, 5.41) is 0. The molecule has 0 bridgehead atoms. The normalized spacial score (nSPS) is 10.3. The topological polar surface area (TPSA) is 102 Å². The van der Waals surface area contributed by atoms with Crippen molar-refractivity contribution < 1.29 is 19.1 Å². The first kappa shape index (κ1) is 17.9. The minimum atomic E-state index is -0.574. The van der Waals surface area contributed by atoms with Gasteiger partial charge in [0.25, 0.3) is 11.8 Å². The predicted molar refractivity (Wildman–Crippen MR) is 90.8 cm³/mol. The Morgan fingerprint density at radius 1 is 1.20 bits per heavy atom. The molecule has 2 aromatic rings. The summed E-state index contributed by atoms with van der Waals surface area (Å²) >= 11 is 0. The van der Waals surface area contributed by atoms with Crippen LogP contribution in [0.3, 0.4) is 0 Å². The average Bonchev–Trinajstić information content (AvgIpc) is 2.65. The summed E-state index contributed by atoms with van der Waals surface area (Å²) < 4.78 is 10.7. The maximum absolute atomic E-state index is 11.8. The van der Waals surface area contributed by atoms with E-state index in [1.165, 1.54) is 25.7 Å². The lowest BCUT2D eigenvalue weighted by Gasteiger charge is -2.11. The van der Waals surface area contributed by atoms with Gasteiger partial charge in [-0.2, -0.15) is 0 Å². The van der Waals surface area contributed by atoms with Crippen molar-refractivity contribution in [3.63, 3.8) is 0 Å². The standard InChI is InChI=1S/C17H18N4O4/c1-3-4-12-5-6-14(15(9-12)24-2)25-11-16(22)20-21-17(23)13-10-18-7-8-19-13/h3-10H,11H2,1-2H3,(H,20,22)(H,21,23)/b4-3+. The maximum Gasteiger partial charge on any atom is 0.289 e. The number of aromatic nitrogens is 2. The number of nitrogens with one attached hydrogen (secondary N) is 2. The van der Waals surface area contributed by atoms with Crippen molar-refractivity contribution in [3.8, 4) is 11.5 Å². The summed E-state index contributed by atoms with van der Waals surface area (Å²) in [4.78, 5) is 31.1. The second-order valence-corrected chi connectivity index (χ2v) is 4.79. The highest BCUT2D eigenvalue weighted by Crippen LogP contribution is 2.28. The number of allylic oxidation sites excluding steroid dienone is 1. The fourth-order valence-corrected chi connectivity index (χ4v) is 1.89. The Kier molecular flexibility index (Phi) is 6.47. The molecule has 0 aliphatic heterocycles. The van der Waals surface area contributed by atoms with Gasteiger partial charge >= 0.3 is 0 Å². The van der Waals surface area contributed by atoms with Crippen LogP contribution >= 0.6 is 0 Å². The lowest BCUT2D eigenvalue weighted by atomic mass is 10.2. The number of carbonyl (C=O) groups is 2. The highest BCUT2D eigenvalue weighted by molar-refractivity contribution is 5.93. The number of hydrogen-bond acceptors (Lipinski definition) is 6. The Balaban J connectivity index is 1.86. The van der Waals surface area contributed by atoms with Crippen molar-refractivity contribution in [1.82, 2.24) is 20.8 Å². The molecule has 0 unspecified atom stereocenters. The van der Waals surface area contributed by atoms with E-state index in [1.807, 2.05) is 25.1 Å². The average molecular weight is 342 g/mol. The minimum Gasteiger partial charge on any atom is -0.493 e. The molecule has 1 aromatic carbocycles. The molecule has 0 fully saturated rings. The highest BCUT2D eigenvalue weighted by atomic mass is 16.5. The third-order valence-corrected chi connectivity index (χ3v) is 3.02. The summed E-state index contributed by atoms with van der Waals surface area (Å²) in [5.74, 6) is -0.176. The zero-order valence-corrected chi connectivity index (χ0v) is 13.9. The van der Waals surface area contributed by atoms with E-state index >= 15 is 0 Å². The Bertz CT molecular complexity index is 762. The van der Waals surface area contributed by atoms with Crippen molar-refractivity contribution in [2.75, 3.05) is 13.7 Å². The van der Waals surface area contributed by atoms with E-state index in [-0.39, 0.29) is 12.3 Å². The van der Waals surface area contributed by atoms with Crippen molar-refractivity contribution in [2.24, 2.45) is 0 Å². The van der Waals surface area contributed by atoms with Crippen LogP contribution in [0, 0.1) is 0 Å². The first-order valence-corrected chi connectivity index (χ1v) is 7.42. The zero-order chi connectivity index (χ0) is 18.1. The van der Waals surface area contributed by atoms with Gasteiger partial charge in [0.05, 0.1) is 13.3 Å². The number of ether oxygens (including phenoxy) is 2. The van der Waals surface area contributed by atoms with E-state index in [1.54, 1.807) is 12.1 Å². The summed E-state index contributed by atoms with van der Waals surface area (Å²) in [6.45, 7) is 1.62. The predicted octanol–water partition coefficient (Wildman–Crippen LogP) is 1.36. The third-order valence-electron chi connectivity index (χ3n) is 3.02. The summed E-state index contributed by atoms with van der Waals surface area (Å²) in [6.07, 6.45) is 7.93.